The van der Waals surface area contributed by atoms with Crippen molar-refractivity contribution in [3.8, 4) is 23.0 Å². The molecule has 0 N–H and O–H groups in total. The highest BCUT2D eigenvalue weighted by atomic mass is 16.5. The van der Waals surface area contributed by atoms with Gasteiger partial charge in [-0.3, -0.25) is 0 Å². The van der Waals surface area contributed by atoms with Crippen LogP contribution in [0, 0.1) is 13.8 Å². The van der Waals surface area contributed by atoms with Crippen molar-refractivity contribution in [3.63, 3.8) is 0 Å². The van der Waals surface area contributed by atoms with Crippen LogP contribution in [0.1, 0.15) is 36.1 Å². The molecule has 0 amide bonds. The molecule has 0 fully saturated rings. The molecule has 0 saturated carbocycles. The van der Waals surface area contributed by atoms with Crippen molar-refractivity contribution in [3.05, 3.63) is 119 Å². The predicted molar refractivity (Wildman–Crippen MR) is 128 cm³/mol. The summed E-state index contributed by atoms with van der Waals surface area (Å²) in [7, 11) is 0. The monoisotopic (exact) mass is 408 g/mol. The zero-order chi connectivity index (χ0) is 21.8. The average molecular weight is 409 g/mol. The van der Waals surface area contributed by atoms with Gasteiger partial charge in [-0.15, -0.1) is 0 Å². The number of rotatable bonds is 6. The van der Waals surface area contributed by atoms with E-state index in [2.05, 4.69) is 76.2 Å². The Hall–Kier alpha value is -3.52. The molecule has 156 valence electrons. The lowest BCUT2D eigenvalue weighted by Crippen LogP contribution is -2.18. The molecule has 0 unspecified atom stereocenters. The molecule has 4 aromatic rings. The first-order valence-electron chi connectivity index (χ1n) is 10.6. The second-order valence-electron chi connectivity index (χ2n) is 8.51. The molecule has 2 heteroatoms. The lowest BCUT2D eigenvalue weighted by atomic mass is 9.78. The molecule has 0 spiro atoms. The lowest BCUT2D eigenvalue weighted by Gasteiger charge is -2.27. The highest BCUT2D eigenvalue weighted by molar-refractivity contribution is 5.44. The molecular formula is C29H28O2. The summed E-state index contributed by atoms with van der Waals surface area (Å²) in [6.45, 7) is 8.60. The normalized spacial score (nSPS) is 11.2. The fourth-order valence-electron chi connectivity index (χ4n) is 3.61. The van der Waals surface area contributed by atoms with Crippen molar-refractivity contribution in [2.45, 2.75) is 33.1 Å². The molecule has 0 aliphatic heterocycles. The summed E-state index contributed by atoms with van der Waals surface area (Å²) in [4.78, 5) is 0. The third-order valence-electron chi connectivity index (χ3n) is 5.61. The zero-order valence-electron chi connectivity index (χ0n) is 18.6. The van der Waals surface area contributed by atoms with Crippen LogP contribution < -0.4 is 9.47 Å². The number of ether oxygens (including phenoxy) is 2. The fourth-order valence-corrected chi connectivity index (χ4v) is 3.61. The highest BCUT2D eigenvalue weighted by Crippen LogP contribution is 2.35. The molecule has 0 aromatic heterocycles. The van der Waals surface area contributed by atoms with Crippen LogP contribution >= 0.6 is 0 Å². The molecule has 0 atom stereocenters. The van der Waals surface area contributed by atoms with Crippen LogP contribution in [0.2, 0.25) is 0 Å². The van der Waals surface area contributed by atoms with Gasteiger partial charge in [-0.1, -0.05) is 67.9 Å². The molecular weight excluding hydrogens is 380 g/mol. The van der Waals surface area contributed by atoms with Crippen molar-refractivity contribution in [1.82, 2.24) is 0 Å². The van der Waals surface area contributed by atoms with E-state index in [0.717, 1.165) is 23.0 Å². The second-order valence-corrected chi connectivity index (χ2v) is 8.51. The van der Waals surface area contributed by atoms with Gasteiger partial charge in [0.25, 0.3) is 0 Å². The van der Waals surface area contributed by atoms with Gasteiger partial charge in [-0.2, -0.15) is 0 Å². The van der Waals surface area contributed by atoms with Crippen LogP contribution in [0.3, 0.4) is 0 Å². The van der Waals surface area contributed by atoms with Gasteiger partial charge in [-0.05, 0) is 79.1 Å². The summed E-state index contributed by atoms with van der Waals surface area (Å²) < 4.78 is 12.1. The van der Waals surface area contributed by atoms with Crippen LogP contribution in [0.4, 0.5) is 0 Å². The highest BCUT2D eigenvalue weighted by Gasteiger charge is 2.23. The van der Waals surface area contributed by atoms with Crippen LogP contribution in [0.5, 0.6) is 23.0 Å². The Balaban J connectivity index is 1.53. The molecule has 2 nitrogen and oxygen atoms in total. The minimum Gasteiger partial charge on any atom is -0.457 e. The first-order chi connectivity index (χ1) is 14.9. The van der Waals surface area contributed by atoms with Crippen molar-refractivity contribution < 1.29 is 9.47 Å². The Morgan fingerprint density at radius 3 is 1.65 bits per heavy atom. The largest absolute Gasteiger partial charge is 0.457 e. The Labute approximate surface area is 185 Å². The molecule has 0 aliphatic carbocycles. The van der Waals surface area contributed by atoms with Gasteiger partial charge in [-0.25, -0.2) is 0 Å². The molecule has 0 aliphatic rings. The van der Waals surface area contributed by atoms with Crippen LogP contribution in [-0.2, 0) is 5.41 Å². The quantitative estimate of drug-likeness (QED) is 0.320. The summed E-state index contributed by atoms with van der Waals surface area (Å²) in [5.41, 5.74) is 4.65. The van der Waals surface area contributed by atoms with E-state index in [0.29, 0.717) is 0 Å². The van der Waals surface area contributed by atoms with E-state index in [9.17, 15) is 0 Å². The Morgan fingerprint density at radius 2 is 1.03 bits per heavy atom. The average Bonchev–Trinajstić information content (AvgIpc) is 2.76. The van der Waals surface area contributed by atoms with Gasteiger partial charge < -0.3 is 9.47 Å². The van der Waals surface area contributed by atoms with Crippen molar-refractivity contribution in [2.24, 2.45) is 0 Å². The SMILES string of the molecule is Cc1ccc(Oc2cccc(C(C)(C)c3ccc(Oc4cccc(C)c4)cc3)c2)cc1. The molecule has 4 aromatic carbocycles. The Morgan fingerprint density at radius 1 is 0.484 bits per heavy atom. The topological polar surface area (TPSA) is 18.5 Å². The van der Waals surface area contributed by atoms with Gasteiger partial charge in [0.05, 0.1) is 0 Å². The molecule has 31 heavy (non-hydrogen) atoms. The van der Waals surface area contributed by atoms with Crippen molar-refractivity contribution in [2.75, 3.05) is 0 Å². The summed E-state index contributed by atoms with van der Waals surface area (Å²) in [6, 6.07) is 32.9. The van der Waals surface area contributed by atoms with E-state index in [4.69, 9.17) is 9.47 Å². The predicted octanol–water partition coefficient (Wildman–Crippen LogP) is 8.21. The summed E-state index contributed by atoms with van der Waals surface area (Å²) in [5, 5.41) is 0. The second kappa shape index (κ2) is 8.69. The van der Waals surface area contributed by atoms with Gasteiger partial charge >= 0.3 is 0 Å². The lowest BCUT2D eigenvalue weighted by molar-refractivity contribution is 0.478. The maximum absolute atomic E-state index is 6.08. The van der Waals surface area contributed by atoms with Crippen LogP contribution in [0.15, 0.2) is 97.1 Å². The van der Waals surface area contributed by atoms with Gasteiger partial charge in [0, 0.05) is 5.41 Å². The smallest absolute Gasteiger partial charge is 0.127 e. The van der Waals surface area contributed by atoms with Gasteiger partial charge in [0.15, 0.2) is 0 Å². The number of aryl methyl sites for hydroxylation is 2. The Kier molecular flexibility index (Phi) is 5.81. The van der Waals surface area contributed by atoms with E-state index in [1.165, 1.54) is 22.3 Å². The zero-order valence-corrected chi connectivity index (χ0v) is 18.6. The van der Waals surface area contributed by atoms with E-state index in [1.54, 1.807) is 0 Å². The maximum Gasteiger partial charge on any atom is 0.127 e. The van der Waals surface area contributed by atoms with E-state index >= 15 is 0 Å². The Bertz CT molecular complexity index is 1160. The third kappa shape index (κ3) is 4.97. The first-order valence-corrected chi connectivity index (χ1v) is 10.6. The van der Waals surface area contributed by atoms with Crippen molar-refractivity contribution >= 4 is 0 Å². The maximum atomic E-state index is 6.08. The molecule has 0 heterocycles. The molecule has 0 bridgehead atoms. The molecule has 4 rings (SSSR count). The number of benzene rings is 4. The summed E-state index contributed by atoms with van der Waals surface area (Å²) >= 11 is 0. The van der Waals surface area contributed by atoms with E-state index < -0.39 is 0 Å². The van der Waals surface area contributed by atoms with Gasteiger partial charge in [0.2, 0.25) is 0 Å². The van der Waals surface area contributed by atoms with Crippen LogP contribution in [0.25, 0.3) is 0 Å². The first kappa shape index (κ1) is 20.7. The summed E-state index contributed by atoms with van der Waals surface area (Å²) in [6.07, 6.45) is 0. The summed E-state index contributed by atoms with van der Waals surface area (Å²) in [5.74, 6) is 3.38. The van der Waals surface area contributed by atoms with Crippen molar-refractivity contribution in [1.29, 1.82) is 0 Å². The minimum absolute atomic E-state index is 0.172. The third-order valence-corrected chi connectivity index (χ3v) is 5.61. The molecule has 0 radical (unpaired) electrons. The standard InChI is InChI=1S/C29H28O2/c1-21-11-15-25(16-12-21)31-28-10-6-8-24(20-28)29(3,4)23-13-17-26(18-14-23)30-27-9-5-7-22(2)19-27/h5-20H,1-4H3. The number of hydrogen-bond acceptors (Lipinski definition) is 2. The van der Waals surface area contributed by atoms with E-state index in [-0.39, 0.29) is 5.41 Å². The van der Waals surface area contributed by atoms with Gasteiger partial charge in [0.1, 0.15) is 23.0 Å². The fraction of sp³-hybridized carbons (Fsp3) is 0.172. The number of hydrogen-bond donors (Lipinski definition) is 0. The molecule has 0 saturated heterocycles. The van der Waals surface area contributed by atoms with Crippen LogP contribution in [-0.4, -0.2) is 0 Å². The van der Waals surface area contributed by atoms with E-state index in [1.807, 2.05) is 48.5 Å². The minimum atomic E-state index is -0.172.